The number of hydrogen-bond acceptors (Lipinski definition) is 6. The van der Waals surface area contributed by atoms with Gasteiger partial charge in [-0.3, -0.25) is 14.4 Å². The lowest BCUT2D eigenvalue weighted by Gasteiger charge is -2.18. The highest BCUT2D eigenvalue weighted by atomic mass is 16.6. The highest BCUT2D eigenvalue weighted by Crippen LogP contribution is 2.11. The SMILES string of the molecule is CC/C=C/C/C=C/C/C=C/C/C=C/C/C=C/C/C=C/CCC(=O)OC[C@@H](COC(=O)CCCCCCC/C=C/C/C=C/CCCCC)OC(=O)CCC/C=C/C/C=C/C/C=C/C/C=C/C/C=C/CC. The fraction of sp³-hybridized carbons (Fsp3) is 0.540. The van der Waals surface area contributed by atoms with E-state index in [1.54, 1.807) is 0 Å². The van der Waals surface area contributed by atoms with Crippen molar-refractivity contribution in [2.75, 3.05) is 13.2 Å². The molecule has 6 nitrogen and oxygen atoms in total. The molecule has 0 aliphatic rings. The third kappa shape index (κ3) is 53.8. The quantitative estimate of drug-likeness (QED) is 0.0262. The van der Waals surface area contributed by atoms with Crippen molar-refractivity contribution >= 4 is 17.9 Å². The zero-order valence-electron chi connectivity index (χ0n) is 43.8. The zero-order valence-corrected chi connectivity index (χ0v) is 43.8. The van der Waals surface area contributed by atoms with Crippen molar-refractivity contribution in [2.24, 2.45) is 0 Å². The zero-order chi connectivity index (χ0) is 50.0. The van der Waals surface area contributed by atoms with Crippen LogP contribution in [0.15, 0.2) is 158 Å². The number of hydrogen-bond donors (Lipinski definition) is 0. The average Bonchev–Trinajstić information content (AvgIpc) is 3.35. The lowest BCUT2D eigenvalue weighted by atomic mass is 10.1. The van der Waals surface area contributed by atoms with Crippen molar-refractivity contribution < 1.29 is 28.6 Å². The maximum atomic E-state index is 12.8. The van der Waals surface area contributed by atoms with E-state index in [9.17, 15) is 14.4 Å². The van der Waals surface area contributed by atoms with Crippen LogP contribution in [0.1, 0.15) is 201 Å². The molecular weight excluding hydrogens is 853 g/mol. The Balaban J connectivity index is 4.65. The predicted molar refractivity (Wildman–Crippen MR) is 297 cm³/mol. The van der Waals surface area contributed by atoms with Crippen LogP contribution in [-0.2, 0) is 28.6 Å². The number of carbonyl (C=O) groups excluding carboxylic acids is 3. The first-order chi connectivity index (χ1) is 34.0. The predicted octanol–water partition coefficient (Wildman–Crippen LogP) is 18.2. The molecule has 0 aliphatic heterocycles. The summed E-state index contributed by atoms with van der Waals surface area (Å²) in [6.45, 7) is 6.23. The second kappa shape index (κ2) is 55.6. The Morgan fingerprint density at radius 2 is 0.609 bits per heavy atom. The van der Waals surface area contributed by atoms with Gasteiger partial charge in [-0.25, -0.2) is 0 Å². The second-order valence-electron chi connectivity index (χ2n) is 17.0. The summed E-state index contributed by atoms with van der Waals surface area (Å²) >= 11 is 0. The molecule has 0 saturated heterocycles. The highest BCUT2D eigenvalue weighted by molar-refractivity contribution is 5.71. The molecule has 0 N–H and O–H groups in total. The Hall–Kier alpha value is -4.97. The molecule has 0 amide bonds. The Kier molecular flexibility index (Phi) is 51.6. The van der Waals surface area contributed by atoms with Gasteiger partial charge >= 0.3 is 17.9 Å². The molecule has 0 aliphatic carbocycles. The molecule has 0 aromatic rings. The molecule has 0 aromatic carbocycles. The molecule has 69 heavy (non-hydrogen) atoms. The van der Waals surface area contributed by atoms with E-state index in [0.717, 1.165) is 122 Å². The van der Waals surface area contributed by atoms with Crippen LogP contribution in [0.5, 0.6) is 0 Å². The van der Waals surface area contributed by atoms with Gasteiger partial charge in [-0.2, -0.15) is 0 Å². The van der Waals surface area contributed by atoms with Gasteiger partial charge in [-0.1, -0.05) is 211 Å². The van der Waals surface area contributed by atoms with Crippen molar-refractivity contribution in [1.82, 2.24) is 0 Å². The van der Waals surface area contributed by atoms with Crippen LogP contribution in [0.3, 0.4) is 0 Å². The van der Waals surface area contributed by atoms with Gasteiger partial charge in [0.15, 0.2) is 6.10 Å². The first-order valence-electron chi connectivity index (χ1n) is 27.0. The normalized spacial score (nSPS) is 13.4. The van der Waals surface area contributed by atoms with Crippen LogP contribution >= 0.6 is 0 Å². The molecule has 0 heterocycles. The van der Waals surface area contributed by atoms with E-state index < -0.39 is 12.1 Å². The van der Waals surface area contributed by atoms with Gasteiger partial charge in [0.1, 0.15) is 13.2 Å². The van der Waals surface area contributed by atoms with E-state index in [4.69, 9.17) is 14.2 Å². The van der Waals surface area contributed by atoms with Gasteiger partial charge in [-0.05, 0) is 128 Å². The minimum Gasteiger partial charge on any atom is -0.462 e. The molecule has 0 spiro atoms. The third-order valence-corrected chi connectivity index (χ3v) is 10.5. The van der Waals surface area contributed by atoms with Gasteiger partial charge in [-0.15, -0.1) is 0 Å². The minimum absolute atomic E-state index is 0.139. The highest BCUT2D eigenvalue weighted by Gasteiger charge is 2.19. The summed E-state index contributed by atoms with van der Waals surface area (Å²) in [6, 6.07) is 0. The summed E-state index contributed by atoms with van der Waals surface area (Å²) in [6.07, 6.45) is 81.0. The van der Waals surface area contributed by atoms with E-state index in [1.807, 2.05) is 12.2 Å². The minimum atomic E-state index is -0.852. The number of carbonyl (C=O) groups is 3. The van der Waals surface area contributed by atoms with Crippen LogP contribution in [-0.4, -0.2) is 37.2 Å². The van der Waals surface area contributed by atoms with Crippen molar-refractivity contribution in [3.05, 3.63) is 158 Å². The molecule has 0 aromatic heterocycles. The number of rotatable bonds is 46. The number of allylic oxidation sites excluding steroid dienone is 26. The Labute approximate surface area is 422 Å². The molecule has 0 radical (unpaired) electrons. The molecule has 0 bridgehead atoms. The Bertz CT molecular complexity index is 1610. The average molecular weight is 949 g/mol. The lowest BCUT2D eigenvalue weighted by molar-refractivity contribution is -0.166. The summed E-state index contributed by atoms with van der Waals surface area (Å²) in [5.41, 5.74) is 0. The summed E-state index contributed by atoms with van der Waals surface area (Å²) in [5.74, 6) is -1.11. The topological polar surface area (TPSA) is 78.9 Å². The van der Waals surface area contributed by atoms with Crippen LogP contribution in [0.4, 0.5) is 0 Å². The van der Waals surface area contributed by atoms with Crippen LogP contribution in [0.2, 0.25) is 0 Å². The van der Waals surface area contributed by atoms with Crippen LogP contribution in [0, 0.1) is 0 Å². The molecule has 0 fully saturated rings. The summed E-state index contributed by atoms with van der Waals surface area (Å²) in [5, 5.41) is 0. The van der Waals surface area contributed by atoms with E-state index in [-0.39, 0.29) is 38.0 Å². The summed E-state index contributed by atoms with van der Waals surface area (Å²) in [7, 11) is 0. The van der Waals surface area contributed by atoms with Crippen LogP contribution in [0.25, 0.3) is 0 Å². The smallest absolute Gasteiger partial charge is 0.306 e. The number of ether oxygens (including phenoxy) is 3. The van der Waals surface area contributed by atoms with Gasteiger partial charge in [0.25, 0.3) is 0 Å². The van der Waals surface area contributed by atoms with E-state index in [2.05, 4.69) is 167 Å². The Morgan fingerprint density at radius 3 is 1.01 bits per heavy atom. The molecule has 384 valence electrons. The summed E-state index contributed by atoms with van der Waals surface area (Å²) in [4.78, 5) is 38.0. The van der Waals surface area contributed by atoms with Crippen molar-refractivity contribution in [3.8, 4) is 0 Å². The molecular formula is C63H96O6. The van der Waals surface area contributed by atoms with Crippen LogP contribution < -0.4 is 0 Å². The standard InChI is InChI=1S/C63H96O6/c1-4-7-10-13-16-19-22-25-28-30-31-33-35-38-41-44-47-50-53-56-62(65)68-59-60(58-67-61(64)55-52-49-46-43-40-37-34-27-24-21-18-15-12-9-6-3)69-63(66)57-54-51-48-45-42-39-36-32-29-26-23-20-17-14-11-8-5-2/h7-8,10-11,16-21,25-29,31,33-34,36,38-39,41,45,47-48,50,60H,4-6,9,12-15,22-24,30,32,35,37,40,42-44,46,49,51-59H2,1-3H3/b10-7+,11-8+,19-16+,20-17+,21-18+,28-25+,29-26+,33-31+,34-27+,39-36+,41-38+,48-45+,50-47+/t60-/m1/s1. The first kappa shape index (κ1) is 64.0. The van der Waals surface area contributed by atoms with Gasteiger partial charge in [0, 0.05) is 19.3 Å². The van der Waals surface area contributed by atoms with Gasteiger partial charge in [0.05, 0.1) is 0 Å². The second-order valence-corrected chi connectivity index (χ2v) is 17.0. The Morgan fingerprint density at radius 1 is 0.304 bits per heavy atom. The van der Waals surface area contributed by atoms with Crippen molar-refractivity contribution in [3.63, 3.8) is 0 Å². The van der Waals surface area contributed by atoms with E-state index in [1.165, 1.54) is 25.7 Å². The molecule has 1 atom stereocenters. The molecule has 0 rings (SSSR count). The van der Waals surface area contributed by atoms with Crippen molar-refractivity contribution in [1.29, 1.82) is 0 Å². The van der Waals surface area contributed by atoms with E-state index in [0.29, 0.717) is 19.3 Å². The monoisotopic (exact) mass is 949 g/mol. The van der Waals surface area contributed by atoms with E-state index >= 15 is 0 Å². The lowest BCUT2D eigenvalue weighted by Crippen LogP contribution is -2.30. The number of esters is 3. The first-order valence-corrected chi connectivity index (χ1v) is 27.0. The molecule has 0 unspecified atom stereocenters. The maximum Gasteiger partial charge on any atom is 0.306 e. The molecule has 0 saturated carbocycles. The van der Waals surface area contributed by atoms with Gasteiger partial charge < -0.3 is 14.2 Å². The maximum absolute atomic E-state index is 12.8. The fourth-order valence-corrected chi connectivity index (χ4v) is 6.53. The summed E-state index contributed by atoms with van der Waals surface area (Å²) < 4.78 is 16.7. The number of unbranched alkanes of at least 4 members (excludes halogenated alkanes) is 9. The third-order valence-electron chi connectivity index (χ3n) is 10.5. The molecule has 6 heteroatoms. The van der Waals surface area contributed by atoms with Crippen molar-refractivity contribution in [2.45, 2.75) is 207 Å². The fourth-order valence-electron chi connectivity index (χ4n) is 6.53. The van der Waals surface area contributed by atoms with Gasteiger partial charge in [0.2, 0.25) is 0 Å². The largest absolute Gasteiger partial charge is 0.462 e.